The van der Waals surface area contributed by atoms with Gasteiger partial charge in [-0.1, -0.05) is 18.2 Å². The number of anilines is 1. The van der Waals surface area contributed by atoms with Gasteiger partial charge in [-0.2, -0.15) is 5.21 Å². The highest BCUT2D eigenvalue weighted by atomic mass is 16.5. The largest absolute Gasteiger partial charge is 0.482 e. The summed E-state index contributed by atoms with van der Waals surface area (Å²) < 4.78 is 6.70. The highest BCUT2D eigenvalue weighted by Gasteiger charge is 2.28. The molecule has 2 aromatic carbocycles. The van der Waals surface area contributed by atoms with E-state index in [1.807, 2.05) is 18.2 Å². The molecule has 5 aromatic rings. The number of nitrogens with zero attached hydrogens (tertiary/aromatic N) is 6. The number of carbonyl (C=O) groups is 4. The minimum absolute atomic E-state index is 0.0273. The van der Waals surface area contributed by atoms with Crippen LogP contribution in [0.3, 0.4) is 0 Å². The number of nitrogens with two attached hydrogens (primary N) is 1. The number of fused-ring (bicyclic) bond motifs is 3. The van der Waals surface area contributed by atoms with Crippen molar-refractivity contribution in [3.05, 3.63) is 82.6 Å². The smallest absolute Gasteiger partial charge is 0.271 e. The van der Waals surface area contributed by atoms with Gasteiger partial charge in [0.1, 0.15) is 23.5 Å². The molecule has 16 heteroatoms. The molecule has 2 aliphatic rings. The number of hydrogen-bond donors (Lipinski definition) is 5. The number of hydrogen-bond acceptors (Lipinski definition) is 10. The van der Waals surface area contributed by atoms with E-state index in [9.17, 15) is 19.2 Å². The first-order chi connectivity index (χ1) is 21.3. The highest BCUT2D eigenvalue weighted by Crippen LogP contribution is 2.34. The molecule has 0 unspecified atom stereocenters. The maximum atomic E-state index is 13.7. The molecule has 0 radical (unpaired) electrons. The van der Waals surface area contributed by atoms with Gasteiger partial charge >= 0.3 is 0 Å². The maximum absolute atomic E-state index is 13.7. The monoisotopic (exact) mass is 593 g/mol. The van der Waals surface area contributed by atoms with Crippen molar-refractivity contribution in [2.45, 2.75) is 25.4 Å². The Kier molecular flexibility index (Phi) is 6.42. The van der Waals surface area contributed by atoms with Gasteiger partial charge in [0.25, 0.3) is 23.6 Å². The average Bonchev–Trinajstić information content (AvgIpc) is 3.79. The van der Waals surface area contributed by atoms with Crippen molar-refractivity contribution in [3.8, 4) is 17.1 Å². The number of benzene rings is 2. The van der Waals surface area contributed by atoms with Crippen LogP contribution in [0.2, 0.25) is 0 Å². The lowest BCUT2D eigenvalue weighted by Crippen LogP contribution is -2.30. The van der Waals surface area contributed by atoms with Crippen molar-refractivity contribution in [1.82, 2.24) is 45.6 Å². The van der Waals surface area contributed by atoms with E-state index < -0.39 is 17.7 Å². The SMILES string of the molecule is NC(=O)c1ncn2c(C(=O)N[C@H]3CCc4cc(-c5nn[nH]n5)ccc43)cc(C(=O)NCc3ccc4c(c3)NC(=O)CO4)nc12. The molecule has 220 valence electrons. The molecule has 6 N–H and O–H groups in total. The van der Waals surface area contributed by atoms with E-state index >= 15 is 0 Å². The number of imidazole rings is 1. The topological polar surface area (TPSA) is 224 Å². The number of aromatic nitrogens is 7. The van der Waals surface area contributed by atoms with Crippen LogP contribution < -0.4 is 26.4 Å². The molecule has 0 fully saturated rings. The third kappa shape index (κ3) is 4.83. The van der Waals surface area contributed by atoms with Gasteiger partial charge < -0.3 is 26.4 Å². The zero-order valence-corrected chi connectivity index (χ0v) is 22.8. The molecule has 0 spiro atoms. The quantitative estimate of drug-likeness (QED) is 0.177. The summed E-state index contributed by atoms with van der Waals surface area (Å²) in [4.78, 5) is 59.0. The lowest BCUT2D eigenvalue weighted by molar-refractivity contribution is -0.118. The van der Waals surface area contributed by atoms with Gasteiger partial charge in [0.05, 0.1) is 11.7 Å². The fourth-order valence-corrected chi connectivity index (χ4v) is 5.37. The summed E-state index contributed by atoms with van der Waals surface area (Å²) in [7, 11) is 0. The molecular weight excluding hydrogens is 570 g/mol. The van der Waals surface area contributed by atoms with Crippen LogP contribution in [0.15, 0.2) is 48.8 Å². The second kappa shape index (κ2) is 10.6. The van der Waals surface area contributed by atoms with Crippen molar-refractivity contribution >= 4 is 35.0 Å². The molecule has 0 saturated carbocycles. The number of aromatic amines is 1. The number of primary amides is 1. The zero-order valence-electron chi connectivity index (χ0n) is 22.8. The van der Waals surface area contributed by atoms with E-state index in [-0.39, 0.29) is 47.8 Å². The first-order valence-electron chi connectivity index (χ1n) is 13.5. The van der Waals surface area contributed by atoms with Crippen molar-refractivity contribution < 1.29 is 23.9 Å². The number of tetrazole rings is 1. The summed E-state index contributed by atoms with van der Waals surface area (Å²) >= 11 is 0. The van der Waals surface area contributed by atoms with Gasteiger partial charge in [-0.05, 0) is 59.0 Å². The van der Waals surface area contributed by atoms with Gasteiger partial charge in [-0.15, -0.1) is 10.2 Å². The van der Waals surface area contributed by atoms with Gasteiger partial charge in [0.15, 0.2) is 17.9 Å². The van der Waals surface area contributed by atoms with E-state index in [2.05, 4.69) is 46.5 Å². The van der Waals surface area contributed by atoms with Gasteiger partial charge in [0.2, 0.25) is 5.82 Å². The number of ether oxygens (including phenoxy) is 1. The van der Waals surface area contributed by atoms with Crippen LogP contribution in [0.25, 0.3) is 17.0 Å². The van der Waals surface area contributed by atoms with Crippen LogP contribution in [-0.2, 0) is 17.8 Å². The van der Waals surface area contributed by atoms with Crippen molar-refractivity contribution in [2.75, 3.05) is 11.9 Å². The second-order valence-corrected chi connectivity index (χ2v) is 10.2. The Hall–Kier alpha value is -6.19. The van der Waals surface area contributed by atoms with E-state index in [1.165, 1.54) is 16.8 Å². The molecule has 1 aliphatic carbocycles. The number of amides is 4. The van der Waals surface area contributed by atoms with Gasteiger partial charge in [0, 0.05) is 12.1 Å². The molecule has 3 aromatic heterocycles. The Morgan fingerprint density at radius 3 is 2.82 bits per heavy atom. The van der Waals surface area contributed by atoms with Crippen molar-refractivity contribution in [2.24, 2.45) is 5.73 Å². The number of rotatable bonds is 7. The fourth-order valence-electron chi connectivity index (χ4n) is 5.37. The third-order valence-corrected chi connectivity index (χ3v) is 7.46. The number of nitrogens with one attached hydrogen (secondary N) is 4. The minimum Gasteiger partial charge on any atom is -0.482 e. The minimum atomic E-state index is -0.857. The van der Waals surface area contributed by atoms with Gasteiger partial charge in [-0.25, -0.2) is 9.97 Å². The third-order valence-electron chi connectivity index (χ3n) is 7.46. The van der Waals surface area contributed by atoms with Crippen LogP contribution >= 0.6 is 0 Å². The van der Waals surface area contributed by atoms with E-state index in [4.69, 9.17) is 10.5 Å². The van der Waals surface area contributed by atoms with E-state index in [1.54, 1.807) is 18.2 Å². The van der Waals surface area contributed by atoms with Crippen LogP contribution in [0.5, 0.6) is 5.75 Å². The van der Waals surface area contributed by atoms with Crippen LogP contribution in [0.1, 0.15) is 60.6 Å². The Morgan fingerprint density at radius 1 is 1.11 bits per heavy atom. The molecular formula is C28H23N11O5. The molecule has 16 nitrogen and oxygen atoms in total. The lowest BCUT2D eigenvalue weighted by atomic mass is 10.0. The van der Waals surface area contributed by atoms with E-state index in [0.29, 0.717) is 29.2 Å². The maximum Gasteiger partial charge on any atom is 0.271 e. The highest BCUT2D eigenvalue weighted by molar-refractivity contribution is 6.02. The Balaban J connectivity index is 1.14. The number of aryl methyl sites for hydroxylation is 1. The predicted molar refractivity (Wildman–Crippen MR) is 151 cm³/mol. The molecule has 4 amide bonds. The second-order valence-electron chi connectivity index (χ2n) is 10.2. The summed E-state index contributed by atoms with van der Waals surface area (Å²) in [5, 5.41) is 22.6. The van der Waals surface area contributed by atoms with Gasteiger partial charge in [-0.3, -0.25) is 23.6 Å². The molecule has 44 heavy (non-hydrogen) atoms. The summed E-state index contributed by atoms with van der Waals surface area (Å²) in [6.07, 6.45) is 2.64. The average molecular weight is 594 g/mol. The van der Waals surface area contributed by atoms with Crippen molar-refractivity contribution in [3.63, 3.8) is 0 Å². The Labute approximate surface area is 247 Å². The molecule has 4 heterocycles. The molecule has 0 bridgehead atoms. The Bertz CT molecular complexity index is 1990. The molecule has 1 aliphatic heterocycles. The van der Waals surface area contributed by atoms with Crippen LogP contribution in [-0.4, -0.2) is 65.2 Å². The van der Waals surface area contributed by atoms with Crippen LogP contribution in [0.4, 0.5) is 5.69 Å². The summed E-state index contributed by atoms with van der Waals surface area (Å²) in [5.74, 6) is -1.23. The number of carbonyl (C=O) groups excluding carboxylic acids is 4. The summed E-state index contributed by atoms with van der Waals surface area (Å²) in [6, 6.07) is 11.9. The normalized spacial score (nSPS) is 15.2. The zero-order chi connectivity index (χ0) is 30.4. The Morgan fingerprint density at radius 2 is 2.00 bits per heavy atom. The molecule has 1 atom stereocenters. The van der Waals surface area contributed by atoms with E-state index in [0.717, 1.165) is 23.1 Å². The molecule has 0 saturated heterocycles. The van der Waals surface area contributed by atoms with Crippen molar-refractivity contribution in [1.29, 1.82) is 0 Å². The first-order valence-corrected chi connectivity index (χ1v) is 13.5. The molecule has 7 rings (SSSR count). The summed E-state index contributed by atoms with van der Waals surface area (Å²) in [5.41, 5.74) is 9.21. The first kappa shape index (κ1) is 26.7. The number of H-pyrrole nitrogens is 1. The standard InChI is InChI=1S/C28H23N11O5/c29-24(41)23-26-33-19(27(42)30-10-13-1-6-21-18(7-13)32-22(40)11-44-21)9-20(39(26)12-31-23)28(43)34-17-5-3-14-8-15(2-4-16(14)17)25-35-37-38-36-25/h1-2,4,6-9,12,17H,3,5,10-11H2,(H2,29,41)(H,30,42)(H,32,40)(H,34,43)(H,35,36,37,38)/t17-/m0/s1. The predicted octanol–water partition coefficient (Wildman–Crippen LogP) is 0.686. The van der Waals surface area contributed by atoms with Crippen LogP contribution in [0, 0.1) is 0 Å². The lowest BCUT2D eigenvalue weighted by Gasteiger charge is -2.18. The summed E-state index contributed by atoms with van der Waals surface area (Å²) in [6.45, 7) is 0.0216. The fraction of sp³-hybridized carbons (Fsp3) is 0.179.